The quantitative estimate of drug-likeness (QED) is 0.766. The van der Waals surface area contributed by atoms with Crippen molar-refractivity contribution in [3.8, 4) is 5.75 Å². The number of likely N-dealkylation sites (N-methyl/N-ethyl adjacent to an activating group) is 1. The second-order valence-corrected chi connectivity index (χ2v) is 5.74. The maximum Gasteiger partial charge on any atom is 0.246 e. The van der Waals surface area contributed by atoms with Crippen molar-refractivity contribution in [2.24, 2.45) is 0 Å². The van der Waals surface area contributed by atoms with E-state index in [0.29, 0.717) is 12.3 Å². The molecule has 0 aliphatic carbocycles. The number of methoxy groups -OCH3 is 2. The number of benzene rings is 1. The van der Waals surface area contributed by atoms with Gasteiger partial charge in [0.2, 0.25) is 10.0 Å². The molecule has 0 aliphatic heterocycles. The first-order chi connectivity index (χ1) is 8.43. The fourth-order valence-corrected chi connectivity index (χ4v) is 2.74. The molecule has 0 atom stereocenters. The topological polar surface area (TPSA) is 81.9 Å². The van der Waals surface area contributed by atoms with Crippen LogP contribution >= 0.6 is 0 Å². The zero-order valence-electron chi connectivity index (χ0n) is 10.7. The van der Waals surface area contributed by atoms with Crippen LogP contribution in [0.5, 0.6) is 5.75 Å². The molecule has 0 aliphatic rings. The lowest BCUT2D eigenvalue weighted by atomic mass is 10.3. The Bertz CT molecular complexity index is 502. The van der Waals surface area contributed by atoms with Gasteiger partial charge in [-0.25, -0.2) is 8.42 Å². The number of hydrogen-bond donors (Lipinski definition) is 1. The summed E-state index contributed by atoms with van der Waals surface area (Å²) in [4.78, 5) is 0.0589. The van der Waals surface area contributed by atoms with Crippen molar-refractivity contribution in [3.05, 3.63) is 18.2 Å². The molecule has 0 aromatic heterocycles. The molecule has 0 heterocycles. The monoisotopic (exact) mass is 274 g/mol. The molecule has 1 aromatic carbocycles. The highest BCUT2D eigenvalue weighted by Gasteiger charge is 2.24. The van der Waals surface area contributed by atoms with E-state index in [-0.39, 0.29) is 17.2 Å². The van der Waals surface area contributed by atoms with Gasteiger partial charge in [-0.2, -0.15) is 4.31 Å². The van der Waals surface area contributed by atoms with Crippen LogP contribution in [0.1, 0.15) is 0 Å². The molecular formula is C11H18N2O4S. The molecule has 102 valence electrons. The summed E-state index contributed by atoms with van der Waals surface area (Å²) in [6, 6.07) is 4.51. The van der Waals surface area contributed by atoms with Gasteiger partial charge in [0.05, 0.1) is 13.7 Å². The summed E-state index contributed by atoms with van der Waals surface area (Å²) in [6.45, 7) is 0.581. The van der Waals surface area contributed by atoms with Crippen LogP contribution in [0.2, 0.25) is 0 Å². The molecule has 2 N–H and O–H groups in total. The van der Waals surface area contributed by atoms with Gasteiger partial charge < -0.3 is 15.2 Å². The van der Waals surface area contributed by atoms with Gasteiger partial charge in [0.1, 0.15) is 10.6 Å². The van der Waals surface area contributed by atoms with Crippen LogP contribution < -0.4 is 10.5 Å². The molecule has 18 heavy (non-hydrogen) atoms. The third-order valence-corrected chi connectivity index (χ3v) is 4.36. The number of nitrogen functional groups attached to an aromatic ring is 1. The van der Waals surface area contributed by atoms with Crippen molar-refractivity contribution in [2.45, 2.75) is 4.90 Å². The van der Waals surface area contributed by atoms with Gasteiger partial charge in [0, 0.05) is 26.4 Å². The van der Waals surface area contributed by atoms with Crippen LogP contribution in [-0.4, -0.2) is 47.1 Å². The van der Waals surface area contributed by atoms with E-state index in [1.54, 1.807) is 6.07 Å². The Morgan fingerprint density at radius 1 is 1.33 bits per heavy atom. The minimum atomic E-state index is -3.63. The fraction of sp³-hybridized carbons (Fsp3) is 0.455. The Hall–Kier alpha value is -1.31. The van der Waals surface area contributed by atoms with E-state index in [4.69, 9.17) is 15.2 Å². The Labute approximate surface area is 107 Å². The molecule has 0 fully saturated rings. The number of sulfonamides is 1. The van der Waals surface area contributed by atoms with Crippen LogP contribution in [0.4, 0.5) is 5.69 Å². The summed E-state index contributed by atoms with van der Waals surface area (Å²) in [5.41, 5.74) is 5.99. The molecule has 0 spiro atoms. The van der Waals surface area contributed by atoms with E-state index in [0.717, 1.165) is 0 Å². The van der Waals surface area contributed by atoms with Crippen LogP contribution in [0.15, 0.2) is 23.1 Å². The number of nitrogens with zero attached hydrogens (tertiary/aromatic N) is 1. The summed E-state index contributed by atoms with van der Waals surface area (Å²) in [5.74, 6) is 0.272. The molecular weight excluding hydrogens is 256 g/mol. The van der Waals surface area contributed by atoms with Gasteiger partial charge >= 0.3 is 0 Å². The lowest BCUT2D eigenvalue weighted by Gasteiger charge is -2.18. The zero-order chi connectivity index (χ0) is 13.8. The molecule has 1 aromatic rings. The van der Waals surface area contributed by atoms with Gasteiger partial charge in [-0.05, 0) is 18.2 Å². The second kappa shape index (κ2) is 6.03. The van der Waals surface area contributed by atoms with E-state index in [2.05, 4.69) is 0 Å². The first-order valence-corrected chi connectivity index (χ1v) is 6.76. The van der Waals surface area contributed by atoms with Gasteiger partial charge in [-0.3, -0.25) is 0 Å². The van der Waals surface area contributed by atoms with Gasteiger partial charge in [-0.1, -0.05) is 0 Å². The number of hydrogen-bond acceptors (Lipinski definition) is 5. The van der Waals surface area contributed by atoms with Crippen molar-refractivity contribution < 1.29 is 17.9 Å². The SMILES string of the molecule is COCCN(C)S(=O)(=O)c1cc(N)ccc1OC. The van der Waals surface area contributed by atoms with Crippen molar-refractivity contribution >= 4 is 15.7 Å². The highest BCUT2D eigenvalue weighted by atomic mass is 32.2. The van der Waals surface area contributed by atoms with E-state index in [1.165, 1.54) is 37.7 Å². The minimum absolute atomic E-state index is 0.0589. The predicted octanol–water partition coefficient (Wildman–Crippen LogP) is 0.544. The number of anilines is 1. The van der Waals surface area contributed by atoms with E-state index < -0.39 is 10.0 Å². The van der Waals surface area contributed by atoms with Crippen molar-refractivity contribution in [3.63, 3.8) is 0 Å². The first kappa shape index (κ1) is 14.7. The number of rotatable bonds is 6. The van der Waals surface area contributed by atoms with Gasteiger partial charge in [0.15, 0.2) is 0 Å². The van der Waals surface area contributed by atoms with Crippen molar-refractivity contribution in [1.82, 2.24) is 4.31 Å². The molecule has 0 saturated carbocycles. The maximum atomic E-state index is 12.3. The fourth-order valence-electron chi connectivity index (χ4n) is 1.40. The molecule has 6 nitrogen and oxygen atoms in total. The van der Waals surface area contributed by atoms with Crippen LogP contribution in [0.25, 0.3) is 0 Å². The molecule has 0 saturated heterocycles. The molecule has 7 heteroatoms. The average Bonchev–Trinajstić information content (AvgIpc) is 2.35. The van der Waals surface area contributed by atoms with E-state index in [1.807, 2.05) is 0 Å². The first-order valence-electron chi connectivity index (χ1n) is 5.32. The highest BCUT2D eigenvalue weighted by Crippen LogP contribution is 2.27. The Morgan fingerprint density at radius 2 is 2.00 bits per heavy atom. The molecule has 0 radical (unpaired) electrons. The normalized spacial score (nSPS) is 11.8. The summed E-state index contributed by atoms with van der Waals surface area (Å²) in [6.07, 6.45) is 0. The molecule has 0 unspecified atom stereocenters. The van der Waals surface area contributed by atoms with E-state index in [9.17, 15) is 8.42 Å². The molecule has 0 bridgehead atoms. The number of ether oxygens (including phenoxy) is 2. The van der Waals surface area contributed by atoms with Gasteiger partial charge in [0.25, 0.3) is 0 Å². The Balaban J connectivity index is 3.14. The lowest BCUT2D eigenvalue weighted by molar-refractivity contribution is 0.185. The predicted molar refractivity (Wildman–Crippen MR) is 69.1 cm³/mol. The van der Waals surface area contributed by atoms with Gasteiger partial charge in [-0.15, -0.1) is 0 Å². The third-order valence-electron chi connectivity index (χ3n) is 2.49. The van der Waals surface area contributed by atoms with Crippen molar-refractivity contribution in [2.75, 3.05) is 40.2 Å². The van der Waals surface area contributed by atoms with Crippen molar-refractivity contribution in [1.29, 1.82) is 0 Å². The second-order valence-electron chi connectivity index (χ2n) is 3.73. The summed E-state index contributed by atoms with van der Waals surface area (Å²) >= 11 is 0. The Morgan fingerprint density at radius 3 is 2.56 bits per heavy atom. The minimum Gasteiger partial charge on any atom is -0.495 e. The largest absolute Gasteiger partial charge is 0.495 e. The lowest BCUT2D eigenvalue weighted by Crippen LogP contribution is -2.30. The van der Waals surface area contributed by atoms with E-state index >= 15 is 0 Å². The van der Waals surface area contributed by atoms with Crippen LogP contribution in [0, 0.1) is 0 Å². The number of nitrogens with two attached hydrogens (primary N) is 1. The summed E-state index contributed by atoms with van der Waals surface area (Å²) in [5, 5.41) is 0. The summed E-state index contributed by atoms with van der Waals surface area (Å²) in [7, 11) is 0.787. The standard InChI is InChI=1S/C11H18N2O4S/c1-13(6-7-16-2)18(14,15)11-8-9(12)4-5-10(11)17-3/h4-5,8H,6-7,12H2,1-3H3. The highest BCUT2D eigenvalue weighted by molar-refractivity contribution is 7.89. The average molecular weight is 274 g/mol. The zero-order valence-corrected chi connectivity index (χ0v) is 11.5. The summed E-state index contributed by atoms with van der Waals surface area (Å²) < 4.78 is 35.7. The van der Waals surface area contributed by atoms with Crippen LogP contribution in [0.3, 0.4) is 0 Å². The van der Waals surface area contributed by atoms with Crippen LogP contribution in [-0.2, 0) is 14.8 Å². The smallest absolute Gasteiger partial charge is 0.246 e. The molecule has 1 rings (SSSR count). The third kappa shape index (κ3) is 3.12. The maximum absolute atomic E-state index is 12.3. The Kier molecular flexibility index (Phi) is 4.94. The molecule has 0 amide bonds.